The molecule has 1 aliphatic rings. The molecule has 1 N–H and O–H groups in total. The Bertz CT molecular complexity index is 347. The summed E-state index contributed by atoms with van der Waals surface area (Å²) in [6.45, 7) is 9.42. The van der Waals surface area contributed by atoms with E-state index in [1.807, 2.05) is 6.08 Å². The van der Waals surface area contributed by atoms with Crippen LogP contribution in [0, 0.1) is 0 Å². The Balaban J connectivity index is 1.91. The Morgan fingerprint density at radius 3 is 2.94 bits per heavy atom. The molecule has 0 radical (unpaired) electrons. The molecule has 1 fully saturated rings. The Kier molecular flexibility index (Phi) is 4.35. The first-order valence-corrected chi connectivity index (χ1v) is 6.43. The molecular weight excluding hydrogens is 208 g/mol. The zero-order valence-electron chi connectivity index (χ0n) is 10.6. The van der Waals surface area contributed by atoms with Crippen molar-refractivity contribution in [1.82, 2.24) is 10.2 Å². The number of benzene rings is 1. The van der Waals surface area contributed by atoms with E-state index in [9.17, 15) is 0 Å². The summed E-state index contributed by atoms with van der Waals surface area (Å²) in [5.74, 6) is 0. The van der Waals surface area contributed by atoms with Crippen LogP contribution in [0.4, 0.5) is 0 Å². The predicted octanol–water partition coefficient (Wildman–Crippen LogP) is 2.08. The number of nitrogens with one attached hydrogen (secondary N) is 1. The Morgan fingerprint density at radius 2 is 2.24 bits per heavy atom. The van der Waals surface area contributed by atoms with E-state index in [2.05, 4.69) is 54.1 Å². The van der Waals surface area contributed by atoms with Gasteiger partial charge in [0.1, 0.15) is 0 Å². The quantitative estimate of drug-likeness (QED) is 0.797. The zero-order chi connectivity index (χ0) is 12.1. The largest absolute Gasteiger partial charge is 0.311 e. The molecule has 2 unspecified atom stereocenters. The summed E-state index contributed by atoms with van der Waals surface area (Å²) in [5, 5.41) is 3.60. The monoisotopic (exact) mass is 230 g/mol. The summed E-state index contributed by atoms with van der Waals surface area (Å²) >= 11 is 0. The van der Waals surface area contributed by atoms with E-state index in [0.29, 0.717) is 12.1 Å². The summed E-state index contributed by atoms with van der Waals surface area (Å²) in [6, 6.07) is 11.8. The van der Waals surface area contributed by atoms with Gasteiger partial charge in [-0.05, 0) is 18.9 Å². The van der Waals surface area contributed by atoms with Gasteiger partial charge in [0.05, 0.1) is 0 Å². The van der Waals surface area contributed by atoms with Gasteiger partial charge in [0.25, 0.3) is 0 Å². The average molecular weight is 230 g/mol. The van der Waals surface area contributed by atoms with Crippen LogP contribution in [0.15, 0.2) is 43.0 Å². The van der Waals surface area contributed by atoms with Crippen molar-refractivity contribution < 1.29 is 0 Å². The van der Waals surface area contributed by atoms with Gasteiger partial charge < -0.3 is 5.32 Å². The molecule has 1 aromatic carbocycles. The van der Waals surface area contributed by atoms with E-state index in [1.165, 1.54) is 5.56 Å². The van der Waals surface area contributed by atoms with Gasteiger partial charge in [-0.2, -0.15) is 0 Å². The molecule has 0 saturated carbocycles. The number of hydrogen-bond donors (Lipinski definition) is 1. The fourth-order valence-corrected chi connectivity index (χ4v) is 2.41. The van der Waals surface area contributed by atoms with Gasteiger partial charge in [0.2, 0.25) is 0 Å². The number of nitrogens with zero attached hydrogens (tertiary/aromatic N) is 1. The van der Waals surface area contributed by atoms with Crippen LogP contribution in [0.1, 0.15) is 12.5 Å². The first-order valence-electron chi connectivity index (χ1n) is 6.43. The Morgan fingerprint density at radius 1 is 1.47 bits per heavy atom. The van der Waals surface area contributed by atoms with Gasteiger partial charge >= 0.3 is 0 Å². The first-order chi connectivity index (χ1) is 8.29. The second-order valence-electron chi connectivity index (χ2n) is 4.81. The smallest absolute Gasteiger partial charge is 0.0248 e. The number of piperazine rings is 1. The molecule has 0 spiro atoms. The standard InChI is InChI=1S/C15H22N2/c1-3-13(2)17-10-9-16-15(12-17)11-14-7-5-4-6-8-14/h3-8,13,15-16H,1,9-12H2,2H3. The Hall–Kier alpha value is -1.12. The molecule has 0 aromatic heterocycles. The molecule has 0 amide bonds. The molecule has 2 rings (SSSR count). The number of rotatable bonds is 4. The van der Waals surface area contributed by atoms with Crippen LogP contribution in [0.3, 0.4) is 0 Å². The van der Waals surface area contributed by atoms with Crippen molar-refractivity contribution in [2.75, 3.05) is 19.6 Å². The molecule has 0 bridgehead atoms. The van der Waals surface area contributed by atoms with Gasteiger partial charge in [-0.15, -0.1) is 6.58 Å². The lowest BCUT2D eigenvalue weighted by atomic mass is 10.0. The van der Waals surface area contributed by atoms with Gasteiger partial charge in [-0.25, -0.2) is 0 Å². The van der Waals surface area contributed by atoms with E-state index in [-0.39, 0.29) is 0 Å². The van der Waals surface area contributed by atoms with Crippen LogP contribution >= 0.6 is 0 Å². The molecule has 92 valence electrons. The van der Waals surface area contributed by atoms with Crippen LogP contribution in [-0.2, 0) is 6.42 Å². The summed E-state index contributed by atoms with van der Waals surface area (Å²) in [5.41, 5.74) is 1.41. The van der Waals surface area contributed by atoms with E-state index < -0.39 is 0 Å². The van der Waals surface area contributed by atoms with Gasteiger partial charge in [0.15, 0.2) is 0 Å². The minimum absolute atomic E-state index is 0.482. The summed E-state index contributed by atoms with van der Waals surface area (Å²) in [7, 11) is 0. The maximum absolute atomic E-state index is 3.88. The molecular formula is C15H22N2. The third-order valence-corrected chi connectivity index (χ3v) is 3.53. The molecule has 2 atom stereocenters. The van der Waals surface area contributed by atoms with Crippen LogP contribution < -0.4 is 5.32 Å². The topological polar surface area (TPSA) is 15.3 Å². The lowest BCUT2D eigenvalue weighted by molar-refractivity contribution is 0.175. The summed E-state index contributed by atoms with van der Waals surface area (Å²) in [4.78, 5) is 2.50. The lowest BCUT2D eigenvalue weighted by Gasteiger charge is -2.36. The fraction of sp³-hybridized carbons (Fsp3) is 0.467. The molecule has 1 aromatic rings. The minimum atomic E-state index is 0.482. The Labute approximate surface area is 104 Å². The first kappa shape index (κ1) is 12.3. The minimum Gasteiger partial charge on any atom is -0.311 e. The van der Waals surface area contributed by atoms with Crippen molar-refractivity contribution in [3.63, 3.8) is 0 Å². The zero-order valence-corrected chi connectivity index (χ0v) is 10.6. The molecule has 1 aliphatic heterocycles. The highest BCUT2D eigenvalue weighted by Gasteiger charge is 2.21. The molecule has 0 aliphatic carbocycles. The highest BCUT2D eigenvalue weighted by Crippen LogP contribution is 2.10. The molecule has 17 heavy (non-hydrogen) atoms. The van der Waals surface area contributed by atoms with E-state index in [0.717, 1.165) is 26.1 Å². The number of hydrogen-bond acceptors (Lipinski definition) is 2. The molecule has 2 nitrogen and oxygen atoms in total. The molecule has 1 heterocycles. The lowest BCUT2D eigenvalue weighted by Crippen LogP contribution is -2.53. The van der Waals surface area contributed by atoms with Crippen molar-refractivity contribution in [3.05, 3.63) is 48.6 Å². The third kappa shape index (κ3) is 3.42. The van der Waals surface area contributed by atoms with Crippen molar-refractivity contribution in [2.45, 2.75) is 25.4 Å². The van der Waals surface area contributed by atoms with Crippen molar-refractivity contribution in [3.8, 4) is 0 Å². The fourth-order valence-electron chi connectivity index (χ4n) is 2.41. The highest BCUT2D eigenvalue weighted by molar-refractivity contribution is 5.16. The summed E-state index contributed by atoms with van der Waals surface area (Å²) in [6.07, 6.45) is 3.14. The SMILES string of the molecule is C=CC(C)N1CCNC(Cc2ccccc2)C1. The van der Waals surface area contributed by atoms with Crippen LogP contribution in [0.25, 0.3) is 0 Å². The van der Waals surface area contributed by atoms with Crippen molar-refractivity contribution >= 4 is 0 Å². The van der Waals surface area contributed by atoms with Crippen LogP contribution in [0.5, 0.6) is 0 Å². The summed E-state index contributed by atoms with van der Waals surface area (Å²) < 4.78 is 0. The van der Waals surface area contributed by atoms with E-state index in [4.69, 9.17) is 0 Å². The second kappa shape index (κ2) is 5.99. The predicted molar refractivity (Wildman–Crippen MR) is 73.2 cm³/mol. The maximum Gasteiger partial charge on any atom is 0.0248 e. The normalized spacial score (nSPS) is 23.2. The van der Waals surface area contributed by atoms with Crippen LogP contribution in [-0.4, -0.2) is 36.6 Å². The van der Waals surface area contributed by atoms with E-state index in [1.54, 1.807) is 0 Å². The molecule has 2 heteroatoms. The van der Waals surface area contributed by atoms with Gasteiger partial charge in [-0.3, -0.25) is 4.90 Å². The maximum atomic E-state index is 3.88. The van der Waals surface area contributed by atoms with Gasteiger partial charge in [-0.1, -0.05) is 36.4 Å². The second-order valence-corrected chi connectivity index (χ2v) is 4.81. The van der Waals surface area contributed by atoms with E-state index >= 15 is 0 Å². The van der Waals surface area contributed by atoms with Crippen LogP contribution in [0.2, 0.25) is 0 Å². The van der Waals surface area contributed by atoms with Crippen molar-refractivity contribution in [2.24, 2.45) is 0 Å². The third-order valence-electron chi connectivity index (χ3n) is 3.53. The van der Waals surface area contributed by atoms with Crippen molar-refractivity contribution in [1.29, 1.82) is 0 Å². The van der Waals surface area contributed by atoms with Gasteiger partial charge in [0, 0.05) is 31.7 Å². The highest BCUT2D eigenvalue weighted by atomic mass is 15.2. The molecule has 1 saturated heterocycles. The average Bonchev–Trinajstić information content (AvgIpc) is 2.39.